The van der Waals surface area contributed by atoms with Gasteiger partial charge in [0.1, 0.15) is 0 Å². The van der Waals surface area contributed by atoms with E-state index in [1.807, 2.05) is 24.6 Å². The van der Waals surface area contributed by atoms with E-state index >= 15 is 0 Å². The molecule has 1 aromatic heterocycles. The van der Waals surface area contributed by atoms with Crippen LogP contribution in [0.15, 0.2) is 12.3 Å². The second kappa shape index (κ2) is 6.93. The summed E-state index contributed by atoms with van der Waals surface area (Å²) in [5.41, 5.74) is 1.03. The second-order valence-electron chi connectivity index (χ2n) is 4.05. The van der Waals surface area contributed by atoms with Crippen LogP contribution in [-0.4, -0.2) is 22.4 Å². The minimum atomic E-state index is -0.116. The molecule has 1 rings (SSSR count). The lowest BCUT2D eigenvalue weighted by Gasteiger charge is -2.15. The van der Waals surface area contributed by atoms with E-state index in [4.69, 9.17) is 0 Å². The lowest BCUT2D eigenvalue weighted by Crippen LogP contribution is -2.38. The number of aromatic nitrogens is 2. The predicted molar refractivity (Wildman–Crippen MR) is 67.8 cm³/mol. The van der Waals surface area contributed by atoms with Gasteiger partial charge in [-0.15, -0.1) is 0 Å². The standard InChI is InChI=1S/C12H22N4O/c1-4-6-8-13-12(17)15-10(3)11-7-9-14-16(11)5-2/h7,9-10H,4-6,8H2,1-3H3,(H2,13,15,17). The fourth-order valence-corrected chi connectivity index (χ4v) is 1.68. The van der Waals surface area contributed by atoms with E-state index in [0.717, 1.165) is 31.6 Å². The van der Waals surface area contributed by atoms with Crippen molar-refractivity contribution in [3.8, 4) is 0 Å². The summed E-state index contributed by atoms with van der Waals surface area (Å²) in [6.45, 7) is 7.63. The van der Waals surface area contributed by atoms with Crippen molar-refractivity contribution in [2.45, 2.75) is 46.2 Å². The molecular formula is C12H22N4O. The monoisotopic (exact) mass is 238 g/mol. The average molecular weight is 238 g/mol. The van der Waals surface area contributed by atoms with Crippen molar-refractivity contribution in [2.75, 3.05) is 6.54 Å². The zero-order valence-electron chi connectivity index (χ0n) is 10.9. The van der Waals surface area contributed by atoms with Crippen LogP contribution in [0.1, 0.15) is 45.3 Å². The van der Waals surface area contributed by atoms with E-state index in [9.17, 15) is 4.79 Å². The van der Waals surface area contributed by atoms with E-state index in [2.05, 4.69) is 22.7 Å². The smallest absolute Gasteiger partial charge is 0.315 e. The third-order valence-electron chi connectivity index (χ3n) is 2.66. The molecule has 1 heterocycles. The third kappa shape index (κ3) is 4.09. The van der Waals surface area contributed by atoms with Gasteiger partial charge in [0.05, 0.1) is 11.7 Å². The van der Waals surface area contributed by atoms with Crippen LogP contribution in [0.5, 0.6) is 0 Å². The fraction of sp³-hybridized carbons (Fsp3) is 0.667. The fourth-order valence-electron chi connectivity index (χ4n) is 1.68. The molecular weight excluding hydrogens is 216 g/mol. The summed E-state index contributed by atoms with van der Waals surface area (Å²) >= 11 is 0. The Bertz CT molecular complexity index is 348. The average Bonchev–Trinajstić information content (AvgIpc) is 2.77. The van der Waals surface area contributed by atoms with Gasteiger partial charge in [-0.3, -0.25) is 4.68 Å². The van der Waals surface area contributed by atoms with Crippen LogP contribution in [0.3, 0.4) is 0 Å². The van der Waals surface area contributed by atoms with Gasteiger partial charge >= 0.3 is 6.03 Å². The second-order valence-corrected chi connectivity index (χ2v) is 4.05. The molecule has 1 aromatic rings. The number of urea groups is 1. The molecule has 2 amide bonds. The van der Waals surface area contributed by atoms with Crippen LogP contribution < -0.4 is 10.6 Å². The highest BCUT2D eigenvalue weighted by Gasteiger charge is 2.12. The van der Waals surface area contributed by atoms with Crippen molar-refractivity contribution >= 4 is 6.03 Å². The highest BCUT2D eigenvalue weighted by atomic mass is 16.2. The Morgan fingerprint density at radius 1 is 1.53 bits per heavy atom. The maximum Gasteiger partial charge on any atom is 0.315 e. The predicted octanol–water partition coefficient (Wildman–Crippen LogP) is 2.06. The number of rotatable bonds is 6. The van der Waals surface area contributed by atoms with Crippen molar-refractivity contribution in [1.82, 2.24) is 20.4 Å². The largest absolute Gasteiger partial charge is 0.338 e. The first-order valence-corrected chi connectivity index (χ1v) is 6.25. The number of unbranched alkanes of at least 4 members (excludes halogenated alkanes) is 1. The summed E-state index contributed by atoms with van der Waals surface area (Å²) in [7, 11) is 0. The van der Waals surface area contributed by atoms with Crippen molar-refractivity contribution in [3.63, 3.8) is 0 Å². The lowest BCUT2D eigenvalue weighted by molar-refractivity contribution is 0.237. The molecule has 0 fully saturated rings. The first-order chi connectivity index (χ1) is 8.19. The molecule has 96 valence electrons. The number of carbonyl (C=O) groups is 1. The Morgan fingerprint density at radius 2 is 2.29 bits per heavy atom. The molecule has 2 N–H and O–H groups in total. The number of nitrogens with one attached hydrogen (secondary N) is 2. The first kappa shape index (κ1) is 13.5. The van der Waals surface area contributed by atoms with Crippen molar-refractivity contribution in [3.05, 3.63) is 18.0 Å². The Balaban J connectivity index is 2.43. The maximum absolute atomic E-state index is 11.6. The molecule has 5 nitrogen and oxygen atoms in total. The molecule has 0 spiro atoms. The van der Waals surface area contributed by atoms with Gasteiger partial charge in [-0.25, -0.2) is 4.79 Å². The summed E-state index contributed by atoms with van der Waals surface area (Å²) in [6.07, 6.45) is 3.85. The topological polar surface area (TPSA) is 59.0 Å². The summed E-state index contributed by atoms with van der Waals surface area (Å²) in [4.78, 5) is 11.6. The van der Waals surface area contributed by atoms with Crippen LogP contribution >= 0.6 is 0 Å². The Kier molecular flexibility index (Phi) is 5.52. The number of aryl methyl sites for hydroxylation is 1. The molecule has 0 radical (unpaired) electrons. The van der Waals surface area contributed by atoms with Gasteiger partial charge < -0.3 is 10.6 Å². The van der Waals surface area contributed by atoms with Crippen LogP contribution in [-0.2, 0) is 6.54 Å². The molecule has 17 heavy (non-hydrogen) atoms. The number of hydrogen-bond acceptors (Lipinski definition) is 2. The number of nitrogens with zero attached hydrogens (tertiary/aromatic N) is 2. The maximum atomic E-state index is 11.6. The summed E-state index contributed by atoms with van der Waals surface area (Å²) in [6, 6.07) is 1.79. The molecule has 5 heteroatoms. The number of hydrogen-bond donors (Lipinski definition) is 2. The highest BCUT2D eigenvalue weighted by molar-refractivity contribution is 5.74. The van der Waals surface area contributed by atoms with Crippen molar-refractivity contribution in [1.29, 1.82) is 0 Å². The molecule has 0 aromatic carbocycles. The van der Waals surface area contributed by atoms with E-state index in [0.29, 0.717) is 0 Å². The summed E-state index contributed by atoms with van der Waals surface area (Å²) in [5.74, 6) is 0. The zero-order chi connectivity index (χ0) is 12.7. The summed E-state index contributed by atoms with van der Waals surface area (Å²) in [5, 5.41) is 9.92. The molecule has 1 unspecified atom stereocenters. The molecule has 0 saturated carbocycles. The number of carbonyl (C=O) groups excluding carboxylic acids is 1. The molecule has 1 atom stereocenters. The molecule has 0 aliphatic carbocycles. The van der Waals surface area contributed by atoms with Gasteiger partial charge in [-0.1, -0.05) is 13.3 Å². The lowest BCUT2D eigenvalue weighted by atomic mass is 10.2. The minimum Gasteiger partial charge on any atom is -0.338 e. The van der Waals surface area contributed by atoms with Gasteiger partial charge in [-0.2, -0.15) is 5.10 Å². The van der Waals surface area contributed by atoms with Gasteiger partial charge in [0.15, 0.2) is 0 Å². The zero-order valence-corrected chi connectivity index (χ0v) is 10.9. The highest BCUT2D eigenvalue weighted by Crippen LogP contribution is 2.10. The van der Waals surface area contributed by atoms with E-state index in [-0.39, 0.29) is 12.1 Å². The van der Waals surface area contributed by atoms with Crippen LogP contribution in [0.25, 0.3) is 0 Å². The molecule has 0 saturated heterocycles. The Hall–Kier alpha value is -1.52. The van der Waals surface area contributed by atoms with Crippen LogP contribution in [0.4, 0.5) is 4.79 Å². The van der Waals surface area contributed by atoms with E-state index in [1.54, 1.807) is 6.20 Å². The Labute approximate surface area is 103 Å². The van der Waals surface area contributed by atoms with E-state index < -0.39 is 0 Å². The quantitative estimate of drug-likeness (QED) is 0.745. The Morgan fingerprint density at radius 3 is 2.94 bits per heavy atom. The normalized spacial score (nSPS) is 12.2. The van der Waals surface area contributed by atoms with Gasteiger partial charge in [0.25, 0.3) is 0 Å². The van der Waals surface area contributed by atoms with Crippen LogP contribution in [0.2, 0.25) is 0 Å². The van der Waals surface area contributed by atoms with Crippen molar-refractivity contribution in [2.24, 2.45) is 0 Å². The van der Waals surface area contributed by atoms with Gasteiger partial charge in [-0.05, 0) is 26.3 Å². The van der Waals surface area contributed by atoms with Gasteiger partial charge in [0, 0.05) is 19.3 Å². The molecule has 0 aliphatic heterocycles. The minimum absolute atomic E-state index is 0.0286. The third-order valence-corrected chi connectivity index (χ3v) is 2.66. The molecule has 0 bridgehead atoms. The van der Waals surface area contributed by atoms with Crippen molar-refractivity contribution < 1.29 is 4.79 Å². The number of amides is 2. The SMILES string of the molecule is CCCCNC(=O)NC(C)c1ccnn1CC. The molecule has 0 aliphatic rings. The van der Waals surface area contributed by atoms with Gasteiger partial charge in [0.2, 0.25) is 0 Å². The first-order valence-electron chi connectivity index (χ1n) is 6.25. The summed E-state index contributed by atoms with van der Waals surface area (Å²) < 4.78 is 1.89. The van der Waals surface area contributed by atoms with Crippen LogP contribution in [0, 0.1) is 0 Å². The van der Waals surface area contributed by atoms with E-state index in [1.165, 1.54) is 0 Å².